The van der Waals surface area contributed by atoms with Gasteiger partial charge in [0.25, 0.3) is 0 Å². The van der Waals surface area contributed by atoms with Gasteiger partial charge in [0.1, 0.15) is 23.5 Å². The average molecular weight is 643 g/mol. The Morgan fingerprint density at radius 2 is 1.96 bits per heavy atom. The monoisotopic (exact) mass is 642 g/mol. The fourth-order valence-corrected chi connectivity index (χ4v) is 8.62. The average Bonchev–Trinajstić information content (AvgIpc) is 3.69. The Kier molecular flexibility index (Phi) is 9.80. The SMILES string of the molecule is COC(=O)N[C@H]1CCC[C@@H]1C(c1cccc(F)c1)(C1CCN(CC2CN(c3ccc(C#N)c(CN(C)C)n3)C2)CC1)n1ccnc1C. The van der Waals surface area contributed by atoms with E-state index in [2.05, 4.69) is 36.8 Å². The van der Waals surface area contributed by atoms with Crippen LogP contribution < -0.4 is 10.2 Å². The van der Waals surface area contributed by atoms with E-state index in [-0.39, 0.29) is 23.7 Å². The van der Waals surface area contributed by atoms with Crippen LogP contribution in [0.1, 0.15) is 54.7 Å². The molecule has 1 N–H and O–H groups in total. The maximum Gasteiger partial charge on any atom is 0.407 e. The lowest BCUT2D eigenvalue weighted by Crippen LogP contribution is -2.58. The zero-order valence-electron chi connectivity index (χ0n) is 28.0. The zero-order valence-corrected chi connectivity index (χ0v) is 28.0. The topological polar surface area (TPSA) is 103 Å². The smallest absolute Gasteiger partial charge is 0.407 e. The minimum absolute atomic E-state index is 0.0466. The van der Waals surface area contributed by atoms with E-state index in [1.807, 2.05) is 56.5 Å². The molecule has 0 radical (unpaired) electrons. The number of anilines is 1. The number of carbonyl (C=O) groups is 1. The van der Waals surface area contributed by atoms with Gasteiger partial charge in [0.05, 0.1) is 23.9 Å². The summed E-state index contributed by atoms with van der Waals surface area (Å²) in [7, 11) is 5.38. The second kappa shape index (κ2) is 14.0. The summed E-state index contributed by atoms with van der Waals surface area (Å²) in [5, 5.41) is 12.7. The molecule has 10 nitrogen and oxygen atoms in total. The highest BCUT2D eigenvalue weighted by Crippen LogP contribution is 2.52. The number of nitrogens with zero attached hydrogens (tertiary/aromatic N) is 7. The van der Waals surface area contributed by atoms with Crippen LogP contribution in [0.4, 0.5) is 15.0 Å². The largest absolute Gasteiger partial charge is 0.453 e. The molecule has 0 bridgehead atoms. The van der Waals surface area contributed by atoms with Crippen LogP contribution in [0.3, 0.4) is 0 Å². The van der Waals surface area contributed by atoms with Crippen LogP contribution in [0.5, 0.6) is 0 Å². The summed E-state index contributed by atoms with van der Waals surface area (Å²) in [4.78, 5) is 28.9. The van der Waals surface area contributed by atoms with Crippen molar-refractivity contribution < 1.29 is 13.9 Å². The molecule has 1 saturated carbocycles. The highest BCUT2D eigenvalue weighted by Gasteiger charge is 2.54. The van der Waals surface area contributed by atoms with Crippen LogP contribution in [0.15, 0.2) is 48.8 Å². The Balaban J connectivity index is 1.20. The highest BCUT2D eigenvalue weighted by molar-refractivity contribution is 5.67. The number of nitriles is 1. The molecule has 1 unspecified atom stereocenters. The maximum absolute atomic E-state index is 15.0. The van der Waals surface area contributed by atoms with Crippen molar-refractivity contribution >= 4 is 11.9 Å². The molecule has 11 heteroatoms. The van der Waals surface area contributed by atoms with Crippen molar-refractivity contribution in [1.82, 2.24) is 29.7 Å². The van der Waals surface area contributed by atoms with Gasteiger partial charge in [0.15, 0.2) is 0 Å². The highest BCUT2D eigenvalue weighted by atomic mass is 19.1. The van der Waals surface area contributed by atoms with Crippen molar-refractivity contribution in [1.29, 1.82) is 5.26 Å². The molecule has 3 fully saturated rings. The molecule has 1 aliphatic carbocycles. The Morgan fingerprint density at radius 1 is 1.17 bits per heavy atom. The molecule has 6 rings (SSSR count). The van der Waals surface area contributed by atoms with Crippen molar-refractivity contribution in [2.24, 2.45) is 17.8 Å². The molecule has 250 valence electrons. The second-order valence-electron chi connectivity index (χ2n) is 13.8. The van der Waals surface area contributed by atoms with Gasteiger partial charge in [-0.2, -0.15) is 5.26 Å². The molecule has 0 spiro atoms. The standard InChI is InChI=1S/C36H47FN8O2/c1-25-39-15-18-45(25)36(29-7-5-8-30(37)19-29,31-9-6-10-32(31)41-35(46)47-4)28-13-16-43(17-14-28)21-26-22-44(23-26)34-12-11-27(20-38)33(40-34)24-42(2)3/h5,7-8,11-12,15,18-19,26,28,31-32H,6,9-10,13-14,16-17,21-24H2,1-4H3,(H,41,46)/t31-,32-,36?/m0/s1. The molecule has 3 aromatic rings. The number of ether oxygens (including phenoxy) is 1. The fourth-order valence-electron chi connectivity index (χ4n) is 8.62. The Labute approximate surface area is 277 Å². The summed E-state index contributed by atoms with van der Waals surface area (Å²) in [5.74, 6) is 2.39. The van der Waals surface area contributed by atoms with E-state index in [1.165, 1.54) is 13.2 Å². The molecule has 2 saturated heterocycles. The van der Waals surface area contributed by atoms with E-state index >= 15 is 4.39 Å². The van der Waals surface area contributed by atoms with Crippen LogP contribution in [-0.2, 0) is 16.8 Å². The third kappa shape index (κ3) is 6.58. The van der Waals surface area contributed by atoms with Crippen molar-refractivity contribution in [3.8, 4) is 6.07 Å². The first-order chi connectivity index (χ1) is 22.7. The molecular formula is C36H47FN8O2. The number of aromatic nitrogens is 3. The lowest BCUT2D eigenvalue weighted by atomic mass is 9.64. The predicted molar refractivity (Wildman–Crippen MR) is 178 cm³/mol. The summed E-state index contributed by atoms with van der Waals surface area (Å²) < 4.78 is 22.3. The van der Waals surface area contributed by atoms with Gasteiger partial charge in [0, 0.05) is 56.5 Å². The van der Waals surface area contributed by atoms with Crippen LogP contribution >= 0.6 is 0 Å². The van der Waals surface area contributed by atoms with Crippen LogP contribution in [0.2, 0.25) is 0 Å². The number of rotatable bonds is 10. The molecule has 47 heavy (non-hydrogen) atoms. The van der Waals surface area contributed by atoms with Crippen LogP contribution in [0.25, 0.3) is 0 Å². The lowest BCUT2D eigenvalue weighted by Gasteiger charge is -2.52. The second-order valence-corrected chi connectivity index (χ2v) is 13.8. The van der Waals surface area contributed by atoms with Crippen molar-refractivity contribution in [3.05, 3.63) is 77.3 Å². The summed E-state index contributed by atoms with van der Waals surface area (Å²) in [6.45, 7) is 7.49. The number of hydrogen-bond acceptors (Lipinski definition) is 8. The zero-order chi connectivity index (χ0) is 33.1. The normalized spacial score (nSPS) is 22.1. The molecule has 4 heterocycles. The number of methoxy groups -OCH3 is 1. The van der Waals surface area contributed by atoms with Crippen molar-refractivity contribution in [2.45, 2.75) is 57.2 Å². The number of likely N-dealkylation sites (tertiary alicyclic amines) is 1. The number of pyridine rings is 1. The predicted octanol–water partition coefficient (Wildman–Crippen LogP) is 4.78. The van der Waals surface area contributed by atoms with E-state index in [9.17, 15) is 10.1 Å². The van der Waals surface area contributed by atoms with Gasteiger partial charge in [0.2, 0.25) is 0 Å². The van der Waals surface area contributed by atoms with Gasteiger partial charge < -0.3 is 29.3 Å². The van der Waals surface area contributed by atoms with Crippen LogP contribution in [-0.4, -0.2) is 90.4 Å². The summed E-state index contributed by atoms with van der Waals surface area (Å²) >= 11 is 0. The first-order valence-electron chi connectivity index (χ1n) is 16.9. The van der Waals surface area contributed by atoms with Gasteiger partial charge in [-0.3, -0.25) is 0 Å². The van der Waals surface area contributed by atoms with Gasteiger partial charge in [-0.25, -0.2) is 19.2 Å². The number of piperidine rings is 1. The van der Waals surface area contributed by atoms with Gasteiger partial charge in [-0.15, -0.1) is 0 Å². The summed E-state index contributed by atoms with van der Waals surface area (Å²) in [6, 6.07) is 13.1. The number of alkyl carbamates (subject to hydrolysis) is 1. The molecule has 2 aliphatic heterocycles. The molecule has 2 aromatic heterocycles. The quantitative estimate of drug-likeness (QED) is 0.338. The minimum atomic E-state index is -0.574. The van der Waals surface area contributed by atoms with E-state index in [0.29, 0.717) is 18.0 Å². The van der Waals surface area contributed by atoms with E-state index in [4.69, 9.17) is 9.72 Å². The first kappa shape index (κ1) is 32.9. The Bertz CT molecular complexity index is 1590. The Hall–Kier alpha value is -4.01. The lowest BCUT2D eigenvalue weighted by molar-refractivity contribution is 0.0456. The molecule has 3 aliphatic rings. The van der Waals surface area contributed by atoms with Gasteiger partial charge in [-0.1, -0.05) is 18.6 Å². The van der Waals surface area contributed by atoms with E-state index in [1.54, 1.807) is 6.07 Å². The third-order valence-corrected chi connectivity index (χ3v) is 10.6. The summed E-state index contributed by atoms with van der Waals surface area (Å²) in [5.41, 5.74) is 1.82. The molecular weight excluding hydrogens is 595 g/mol. The van der Waals surface area contributed by atoms with Crippen molar-refractivity contribution in [2.75, 3.05) is 58.8 Å². The number of carbonyl (C=O) groups excluding carboxylic acids is 1. The third-order valence-electron chi connectivity index (χ3n) is 10.6. The number of nitrogens with one attached hydrogen (secondary N) is 1. The van der Waals surface area contributed by atoms with Gasteiger partial charge >= 0.3 is 6.09 Å². The van der Waals surface area contributed by atoms with Crippen LogP contribution in [0, 0.1) is 41.8 Å². The maximum atomic E-state index is 15.0. The number of hydrogen-bond donors (Lipinski definition) is 1. The van der Waals surface area contributed by atoms with E-state index in [0.717, 1.165) is 87.7 Å². The number of benzene rings is 1. The van der Waals surface area contributed by atoms with Gasteiger partial charge in [-0.05, 0) is 95.5 Å². The molecule has 1 amide bonds. The first-order valence-corrected chi connectivity index (χ1v) is 16.9. The fraction of sp³-hybridized carbons (Fsp3) is 0.556. The number of amides is 1. The van der Waals surface area contributed by atoms with Crippen molar-refractivity contribution in [3.63, 3.8) is 0 Å². The molecule has 1 aromatic carbocycles. The van der Waals surface area contributed by atoms with E-state index < -0.39 is 11.6 Å². The number of imidazole rings is 1. The molecule has 3 atom stereocenters. The number of halogens is 1. The number of aryl methyl sites for hydroxylation is 1. The summed E-state index contributed by atoms with van der Waals surface area (Å²) in [6.07, 6.45) is 8.12. The Morgan fingerprint density at radius 3 is 2.62 bits per heavy atom. The minimum Gasteiger partial charge on any atom is -0.453 e.